The van der Waals surface area contributed by atoms with Gasteiger partial charge in [0.1, 0.15) is 5.75 Å². The molecule has 29 heavy (non-hydrogen) atoms. The topological polar surface area (TPSA) is 35.0 Å². The average Bonchev–Trinajstić information content (AvgIpc) is 2.76. The minimum absolute atomic E-state index is 0.805. The molecule has 0 bridgehead atoms. The molecule has 2 rings (SSSR count). The van der Waals surface area contributed by atoms with Crippen molar-refractivity contribution in [2.45, 2.75) is 89.6 Å². The maximum atomic E-state index is 5.87. The molecule has 0 saturated heterocycles. The molecule has 0 amide bonds. The number of nitrogens with zero attached hydrogens (tertiary/aromatic N) is 2. The summed E-state index contributed by atoms with van der Waals surface area (Å²) < 4.78 is 5.87. The minimum atomic E-state index is 0.805. The third kappa shape index (κ3) is 10.2. The lowest BCUT2D eigenvalue weighted by molar-refractivity contribution is 0.304. The number of rotatable bonds is 16. The first-order valence-electron chi connectivity index (χ1n) is 11.5. The van der Waals surface area contributed by atoms with E-state index in [0.717, 1.165) is 40.8 Å². The van der Waals surface area contributed by atoms with Crippen LogP contribution in [0.1, 0.15) is 84.5 Å². The van der Waals surface area contributed by atoms with Gasteiger partial charge in [0, 0.05) is 23.7 Å². The Morgan fingerprint density at radius 2 is 1.28 bits per heavy atom. The summed E-state index contributed by atoms with van der Waals surface area (Å²) in [5.41, 5.74) is 2.19. The summed E-state index contributed by atoms with van der Waals surface area (Å²) in [4.78, 5) is 9.05. The number of ether oxygens (including phenoxy) is 1. The molecule has 160 valence electrons. The van der Waals surface area contributed by atoms with Gasteiger partial charge in [-0.05, 0) is 30.5 Å². The fourth-order valence-corrected chi connectivity index (χ4v) is 4.01. The quantitative estimate of drug-likeness (QED) is 0.159. The van der Waals surface area contributed by atoms with E-state index in [1.165, 1.54) is 64.2 Å². The Hall–Kier alpha value is -1.55. The van der Waals surface area contributed by atoms with Gasteiger partial charge >= 0.3 is 0 Å². The molecule has 1 aromatic carbocycles. The zero-order valence-corrected chi connectivity index (χ0v) is 19.2. The predicted octanol–water partition coefficient (Wildman–Crippen LogP) is 7.95. The predicted molar refractivity (Wildman–Crippen MR) is 126 cm³/mol. The molecule has 0 radical (unpaired) electrons. The zero-order valence-electron chi connectivity index (χ0n) is 18.4. The largest absolute Gasteiger partial charge is 0.494 e. The summed E-state index contributed by atoms with van der Waals surface area (Å²) in [6.45, 7) is 5.31. The normalized spacial score (nSPS) is 11.0. The Balaban J connectivity index is 1.68. The van der Waals surface area contributed by atoms with Crippen molar-refractivity contribution < 1.29 is 4.74 Å². The van der Waals surface area contributed by atoms with E-state index in [1.54, 1.807) is 11.8 Å². The molecule has 1 aromatic heterocycles. The van der Waals surface area contributed by atoms with Gasteiger partial charge in [0.25, 0.3) is 0 Å². The van der Waals surface area contributed by atoms with Crippen molar-refractivity contribution in [3.63, 3.8) is 0 Å². The maximum absolute atomic E-state index is 5.87. The van der Waals surface area contributed by atoms with Gasteiger partial charge < -0.3 is 4.74 Å². The highest BCUT2D eigenvalue weighted by Gasteiger charge is 2.03. The number of aromatic nitrogens is 2. The van der Waals surface area contributed by atoms with Crippen LogP contribution in [0.2, 0.25) is 0 Å². The molecule has 0 spiro atoms. The van der Waals surface area contributed by atoms with Crippen molar-refractivity contribution in [3.8, 4) is 16.9 Å². The second-order valence-corrected chi connectivity index (χ2v) is 8.72. The standard InChI is InChI=1S/C25H38N2OS/c1-3-5-7-9-10-12-18-28-24-16-14-22(15-17-24)23-20-26-25(27-21-23)29-19-13-11-8-6-4-2/h14-17,20-21H,3-13,18-19H2,1-2H3. The maximum Gasteiger partial charge on any atom is 0.187 e. The van der Waals surface area contributed by atoms with Gasteiger partial charge in [0.15, 0.2) is 5.16 Å². The first-order valence-corrected chi connectivity index (χ1v) is 12.5. The highest BCUT2D eigenvalue weighted by Crippen LogP contribution is 2.23. The number of hydrogen-bond donors (Lipinski definition) is 0. The van der Waals surface area contributed by atoms with E-state index in [9.17, 15) is 0 Å². The summed E-state index contributed by atoms with van der Waals surface area (Å²) in [7, 11) is 0. The van der Waals surface area contributed by atoms with Crippen molar-refractivity contribution in [2.75, 3.05) is 12.4 Å². The molecule has 2 aromatic rings. The van der Waals surface area contributed by atoms with Crippen LogP contribution in [0.15, 0.2) is 41.8 Å². The lowest BCUT2D eigenvalue weighted by Crippen LogP contribution is -1.97. The van der Waals surface area contributed by atoms with Crippen molar-refractivity contribution in [1.29, 1.82) is 0 Å². The van der Waals surface area contributed by atoms with Crippen LogP contribution >= 0.6 is 11.8 Å². The highest BCUT2D eigenvalue weighted by molar-refractivity contribution is 7.99. The molecule has 4 heteroatoms. The van der Waals surface area contributed by atoms with E-state index in [-0.39, 0.29) is 0 Å². The molecule has 0 saturated carbocycles. The molecule has 0 aliphatic rings. The van der Waals surface area contributed by atoms with Gasteiger partial charge in [-0.3, -0.25) is 0 Å². The van der Waals surface area contributed by atoms with E-state index in [0.29, 0.717) is 0 Å². The lowest BCUT2D eigenvalue weighted by Gasteiger charge is -2.08. The third-order valence-electron chi connectivity index (χ3n) is 5.06. The summed E-state index contributed by atoms with van der Waals surface area (Å²) in [6, 6.07) is 8.28. The molecule has 0 aliphatic heterocycles. The van der Waals surface area contributed by atoms with E-state index >= 15 is 0 Å². The van der Waals surface area contributed by atoms with Gasteiger partial charge in [0.2, 0.25) is 0 Å². The van der Waals surface area contributed by atoms with Crippen molar-refractivity contribution in [3.05, 3.63) is 36.7 Å². The highest BCUT2D eigenvalue weighted by atomic mass is 32.2. The molecule has 0 atom stereocenters. The van der Waals surface area contributed by atoms with Gasteiger partial charge in [0.05, 0.1) is 6.61 Å². The first-order chi connectivity index (χ1) is 14.3. The van der Waals surface area contributed by atoms with Crippen LogP contribution in [0.5, 0.6) is 5.75 Å². The van der Waals surface area contributed by atoms with E-state index in [2.05, 4.69) is 35.9 Å². The molecule has 0 N–H and O–H groups in total. The lowest BCUT2D eigenvalue weighted by atomic mass is 10.1. The SMILES string of the molecule is CCCCCCCCOc1ccc(-c2cnc(SCCCCCCC)nc2)cc1. The molecule has 0 unspecified atom stereocenters. The molecular formula is C25H38N2OS. The minimum Gasteiger partial charge on any atom is -0.494 e. The van der Waals surface area contributed by atoms with E-state index in [4.69, 9.17) is 4.74 Å². The zero-order chi connectivity index (χ0) is 20.6. The Kier molecular flexibility index (Phi) is 12.5. The molecule has 3 nitrogen and oxygen atoms in total. The Bertz CT molecular complexity index is 643. The Morgan fingerprint density at radius 1 is 0.690 bits per heavy atom. The van der Waals surface area contributed by atoms with Crippen LogP contribution in [0.3, 0.4) is 0 Å². The van der Waals surface area contributed by atoms with Crippen LogP contribution < -0.4 is 4.74 Å². The second-order valence-electron chi connectivity index (χ2n) is 7.66. The third-order valence-corrected chi connectivity index (χ3v) is 6.02. The van der Waals surface area contributed by atoms with E-state index in [1.807, 2.05) is 24.5 Å². The Morgan fingerprint density at radius 3 is 1.93 bits per heavy atom. The fraction of sp³-hybridized carbons (Fsp3) is 0.600. The van der Waals surface area contributed by atoms with Gasteiger partial charge in [-0.25, -0.2) is 9.97 Å². The smallest absolute Gasteiger partial charge is 0.187 e. The molecule has 0 aliphatic carbocycles. The number of hydrogen-bond acceptors (Lipinski definition) is 4. The first kappa shape index (κ1) is 23.7. The Labute approximate surface area is 182 Å². The fourth-order valence-electron chi connectivity index (χ4n) is 3.22. The van der Waals surface area contributed by atoms with Crippen LogP contribution in [0.4, 0.5) is 0 Å². The summed E-state index contributed by atoms with van der Waals surface area (Å²) >= 11 is 1.76. The molecule has 0 fully saturated rings. The van der Waals surface area contributed by atoms with Crippen LogP contribution in [0.25, 0.3) is 11.1 Å². The monoisotopic (exact) mass is 414 g/mol. The molecule has 1 heterocycles. The second kappa shape index (κ2) is 15.3. The summed E-state index contributed by atoms with van der Waals surface area (Å²) in [5, 5.41) is 0.878. The summed E-state index contributed by atoms with van der Waals surface area (Å²) in [5.74, 6) is 2.05. The summed E-state index contributed by atoms with van der Waals surface area (Å²) in [6.07, 6.45) is 18.1. The van der Waals surface area contributed by atoms with E-state index < -0.39 is 0 Å². The van der Waals surface area contributed by atoms with Gasteiger partial charge in [-0.2, -0.15) is 0 Å². The van der Waals surface area contributed by atoms with Crippen molar-refractivity contribution >= 4 is 11.8 Å². The number of benzene rings is 1. The van der Waals surface area contributed by atoms with Crippen LogP contribution in [-0.2, 0) is 0 Å². The number of unbranched alkanes of at least 4 members (excludes halogenated alkanes) is 9. The van der Waals surface area contributed by atoms with Crippen LogP contribution in [0, 0.1) is 0 Å². The number of thioether (sulfide) groups is 1. The van der Waals surface area contributed by atoms with Crippen LogP contribution in [-0.4, -0.2) is 22.3 Å². The van der Waals surface area contributed by atoms with Gasteiger partial charge in [-0.1, -0.05) is 95.5 Å². The van der Waals surface area contributed by atoms with Gasteiger partial charge in [-0.15, -0.1) is 0 Å². The average molecular weight is 415 g/mol. The molecular weight excluding hydrogens is 376 g/mol. The van der Waals surface area contributed by atoms with Crippen molar-refractivity contribution in [2.24, 2.45) is 0 Å². The van der Waals surface area contributed by atoms with Crippen molar-refractivity contribution in [1.82, 2.24) is 9.97 Å².